The Balaban J connectivity index is 2.07. The zero-order valence-corrected chi connectivity index (χ0v) is 15.4. The lowest BCUT2D eigenvalue weighted by Crippen LogP contribution is -2.44. The normalized spacial score (nSPS) is 13.1. The third kappa shape index (κ3) is 4.85. The van der Waals surface area contributed by atoms with Gasteiger partial charge in [0.1, 0.15) is 11.2 Å². The zero-order chi connectivity index (χ0) is 19.2. The lowest BCUT2D eigenvalue weighted by Gasteiger charge is -2.25. The number of carbonyl (C=O) groups excluding carboxylic acids is 1. The van der Waals surface area contributed by atoms with Crippen molar-refractivity contribution >= 4 is 11.9 Å². The monoisotopic (exact) mass is 355 g/mol. The van der Waals surface area contributed by atoms with Crippen LogP contribution in [-0.2, 0) is 21.4 Å². The van der Waals surface area contributed by atoms with Crippen LogP contribution in [0.25, 0.3) is 0 Å². The number of para-hydroxylation sites is 1. The molecule has 138 valence electrons. The summed E-state index contributed by atoms with van der Waals surface area (Å²) in [7, 11) is 0. The maximum absolute atomic E-state index is 12.4. The Kier molecular flexibility index (Phi) is 6.39. The molecule has 2 aromatic carbocycles. The molecular weight excluding hydrogens is 330 g/mol. The van der Waals surface area contributed by atoms with E-state index in [1.807, 2.05) is 44.2 Å². The van der Waals surface area contributed by atoms with Crippen molar-refractivity contribution < 1.29 is 19.4 Å². The van der Waals surface area contributed by atoms with E-state index in [-0.39, 0.29) is 25.0 Å². The van der Waals surface area contributed by atoms with Crippen LogP contribution in [0.2, 0.25) is 0 Å². The summed E-state index contributed by atoms with van der Waals surface area (Å²) in [4.78, 5) is 24.2. The number of carbonyl (C=O) groups is 2. The average Bonchev–Trinajstić information content (AvgIpc) is 2.61. The Morgan fingerprint density at radius 3 is 2.31 bits per heavy atom. The summed E-state index contributed by atoms with van der Waals surface area (Å²) < 4.78 is 5.73. The van der Waals surface area contributed by atoms with E-state index in [0.717, 1.165) is 5.56 Å². The molecule has 0 radical (unpaired) electrons. The highest BCUT2D eigenvalue weighted by molar-refractivity contribution is 5.84. The molecule has 0 aliphatic carbocycles. The van der Waals surface area contributed by atoms with Crippen LogP contribution < -0.4 is 10.1 Å². The maximum atomic E-state index is 12.4. The minimum absolute atomic E-state index is 0.00703. The molecule has 26 heavy (non-hydrogen) atoms. The Morgan fingerprint density at radius 1 is 1.08 bits per heavy atom. The lowest BCUT2D eigenvalue weighted by molar-refractivity contribution is -0.143. The largest absolute Gasteiger partial charge is 0.491 e. The van der Waals surface area contributed by atoms with Gasteiger partial charge in [-0.25, -0.2) is 0 Å². The van der Waals surface area contributed by atoms with Crippen LogP contribution in [0.5, 0.6) is 5.75 Å². The fourth-order valence-corrected chi connectivity index (χ4v) is 2.64. The Hall–Kier alpha value is -2.82. The van der Waals surface area contributed by atoms with Crippen molar-refractivity contribution in [2.24, 2.45) is 0 Å². The molecule has 5 heteroatoms. The standard InChI is InChI=1S/C21H25NO4/c1-15(2)26-18-12-8-7-9-16(18)13-19(23)22-14-21(3,20(24)25)17-10-5-4-6-11-17/h4-12,15H,13-14H2,1-3H3,(H,22,23)(H,24,25). The van der Waals surface area contributed by atoms with Crippen LogP contribution in [0, 0.1) is 0 Å². The highest BCUT2D eigenvalue weighted by atomic mass is 16.5. The number of carboxylic acid groups (broad SMARTS) is 1. The average molecular weight is 355 g/mol. The smallest absolute Gasteiger partial charge is 0.315 e. The van der Waals surface area contributed by atoms with Gasteiger partial charge in [-0.15, -0.1) is 0 Å². The van der Waals surface area contributed by atoms with Crippen LogP contribution in [0.3, 0.4) is 0 Å². The van der Waals surface area contributed by atoms with E-state index in [9.17, 15) is 14.7 Å². The van der Waals surface area contributed by atoms with E-state index in [1.165, 1.54) is 0 Å². The summed E-state index contributed by atoms with van der Waals surface area (Å²) in [5.74, 6) is -0.553. The van der Waals surface area contributed by atoms with Gasteiger partial charge < -0.3 is 15.2 Å². The van der Waals surface area contributed by atoms with Crippen LogP contribution >= 0.6 is 0 Å². The van der Waals surface area contributed by atoms with Crippen molar-refractivity contribution in [2.75, 3.05) is 6.54 Å². The van der Waals surface area contributed by atoms with Gasteiger partial charge in [0.05, 0.1) is 12.5 Å². The second-order valence-corrected chi connectivity index (χ2v) is 6.73. The molecule has 0 spiro atoms. The fraction of sp³-hybridized carbons (Fsp3) is 0.333. The molecule has 0 bridgehead atoms. The molecule has 0 aliphatic rings. The third-order valence-electron chi connectivity index (χ3n) is 4.21. The number of hydrogen-bond acceptors (Lipinski definition) is 3. The van der Waals surface area contributed by atoms with Crippen molar-refractivity contribution in [2.45, 2.75) is 38.7 Å². The fourth-order valence-electron chi connectivity index (χ4n) is 2.64. The molecule has 0 fully saturated rings. The van der Waals surface area contributed by atoms with Gasteiger partial charge in [0.25, 0.3) is 0 Å². The first-order chi connectivity index (χ1) is 12.3. The molecule has 1 atom stereocenters. The summed E-state index contributed by atoms with van der Waals surface area (Å²) in [5, 5.41) is 12.4. The maximum Gasteiger partial charge on any atom is 0.315 e. The summed E-state index contributed by atoms with van der Waals surface area (Å²) in [6.45, 7) is 5.48. The number of ether oxygens (including phenoxy) is 1. The second kappa shape index (κ2) is 8.52. The number of hydrogen-bond donors (Lipinski definition) is 2. The quantitative estimate of drug-likeness (QED) is 0.763. The number of amides is 1. The van der Waals surface area contributed by atoms with Gasteiger partial charge in [-0.1, -0.05) is 48.5 Å². The molecule has 2 rings (SSSR count). The van der Waals surface area contributed by atoms with Gasteiger partial charge in [0, 0.05) is 12.1 Å². The second-order valence-electron chi connectivity index (χ2n) is 6.73. The topological polar surface area (TPSA) is 75.6 Å². The van der Waals surface area contributed by atoms with Crippen molar-refractivity contribution in [3.8, 4) is 5.75 Å². The number of aliphatic carboxylic acids is 1. The number of rotatable bonds is 8. The summed E-state index contributed by atoms with van der Waals surface area (Å²) in [6.07, 6.45) is 0.139. The Morgan fingerprint density at radius 2 is 1.69 bits per heavy atom. The van der Waals surface area contributed by atoms with E-state index >= 15 is 0 Å². The molecule has 2 N–H and O–H groups in total. The first kappa shape index (κ1) is 19.5. The summed E-state index contributed by atoms with van der Waals surface area (Å²) in [5.41, 5.74) is 0.233. The molecule has 5 nitrogen and oxygen atoms in total. The van der Waals surface area contributed by atoms with Gasteiger partial charge >= 0.3 is 5.97 Å². The molecule has 0 saturated carbocycles. The van der Waals surface area contributed by atoms with Crippen molar-refractivity contribution in [1.29, 1.82) is 0 Å². The molecule has 0 heterocycles. The predicted octanol–water partition coefficient (Wildman–Crippen LogP) is 3.18. The van der Waals surface area contributed by atoms with Crippen molar-refractivity contribution in [3.63, 3.8) is 0 Å². The molecule has 1 amide bonds. The minimum Gasteiger partial charge on any atom is -0.491 e. The summed E-state index contributed by atoms with van der Waals surface area (Å²) in [6, 6.07) is 16.3. The molecular formula is C21H25NO4. The highest BCUT2D eigenvalue weighted by Gasteiger charge is 2.35. The molecule has 0 saturated heterocycles. The number of carboxylic acids is 1. The molecule has 0 aromatic heterocycles. The van der Waals surface area contributed by atoms with E-state index in [2.05, 4.69) is 5.32 Å². The summed E-state index contributed by atoms with van der Waals surface area (Å²) >= 11 is 0. The van der Waals surface area contributed by atoms with Gasteiger partial charge in [-0.2, -0.15) is 0 Å². The van der Waals surface area contributed by atoms with E-state index in [1.54, 1.807) is 31.2 Å². The molecule has 1 unspecified atom stereocenters. The number of benzene rings is 2. The first-order valence-electron chi connectivity index (χ1n) is 8.63. The van der Waals surface area contributed by atoms with Gasteiger partial charge in [-0.3, -0.25) is 9.59 Å². The van der Waals surface area contributed by atoms with Crippen LogP contribution in [0.4, 0.5) is 0 Å². The van der Waals surface area contributed by atoms with E-state index in [4.69, 9.17) is 4.74 Å². The Labute approximate surface area is 154 Å². The SMILES string of the molecule is CC(C)Oc1ccccc1CC(=O)NCC(C)(C(=O)O)c1ccccc1. The van der Waals surface area contributed by atoms with Gasteiger partial charge in [-0.05, 0) is 32.4 Å². The van der Waals surface area contributed by atoms with Gasteiger partial charge in [0.15, 0.2) is 0 Å². The van der Waals surface area contributed by atoms with Crippen LogP contribution in [-0.4, -0.2) is 29.6 Å². The number of nitrogens with one attached hydrogen (secondary N) is 1. The Bertz CT molecular complexity index is 758. The van der Waals surface area contributed by atoms with Crippen molar-refractivity contribution in [3.05, 3.63) is 65.7 Å². The van der Waals surface area contributed by atoms with Crippen LogP contribution in [0.1, 0.15) is 31.9 Å². The first-order valence-corrected chi connectivity index (χ1v) is 8.63. The predicted molar refractivity (Wildman–Crippen MR) is 100 cm³/mol. The molecule has 0 aliphatic heterocycles. The highest BCUT2D eigenvalue weighted by Crippen LogP contribution is 2.24. The molecule has 2 aromatic rings. The van der Waals surface area contributed by atoms with Gasteiger partial charge in [0.2, 0.25) is 5.91 Å². The van der Waals surface area contributed by atoms with Crippen LogP contribution in [0.15, 0.2) is 54.6 Å². The van der Waals surface area contributed by atoms with E-state index in [0.29, 0.717) is 11.3 Å². The minimum atomic E-state index is -1.19. The lowest BCUT2D eigenvalue weighted by atomic mass is 9.82. The van der Waals surface area contributed by atoms with E-state index < -0.39 is 11.4 Å². The van der Waals surface area contributed by atoms with Crippen molar-refractivity contribution in [1.82, 2.24) is 5.32 Å². The third-order valence-corrected chi connectivity index (χ3v) is 4.21. The zero-order valence-electron chi connectivity index (χ0n) is 15.4.